The molecule has 0 unspecified atom stereocenters. The van der Waals surface area contributed by atoms with Crippen molar-refractivity contribution in [3.05, 3.63) is 48.3 Å². The number of hydrogen-bond donors (Lipinski definition) is 2. The van der Waals surface area contributed by atoms with Gasteiger partial charge in [-0.3, -0.25) is 4.79 Å². The van der Waals surface area contributed by atoms with Gasteiger partial charge in [-0.25, -0.2) is 4.68 Å². The van der Waals surface area contributed by atoms with Crippen LogP contribution in [0, 0.1) is 5.92 Å². The highest BCUT2D eigenvalue weighted by Gasteiger charge is 2.28. The van der Waals surface area contributed by atoms with E-state index in [1.807, 2.05) is 47.4 Å². The van der Waals surface area contributed by atoms with Gasteiger partial charge in [0, 0.05) is 37.3 Å². The molecule has 1 aliphatic rings. The number of amides is 1. The number of para-hydroxylation sites is 1. The van der Waals surface area contributed by atoms with E-state index < -0.39 is 0 Å². The summed E-state index contributed by atoms with van der Waals surface area (Å²) in [6.07, 6.45) is 5.99. The molecule has 1 heterocycles. The van der Waals surface area contributed by atoms with Crippen molar-refractivity contribution in [1.29, 1.82) is 0 Å². The predicted molar refractivity (Wildman–Crippen MR) is 81.0 cm³/mol. The normalized spacial score (nSPS) is 14.1. The Bertz CT molecular complexity index is 589. The van der Waals surface area contributed by atoms with Crippen molar-refractivity contribution in [3.63, 3.8) is 0 Å². The molecule has 1 aromatic carbocycles. The second kappa shape index (κ2) is 6.54. The molecule has 3 rings (SSSR count). The summed E-state index contributed by atoms with van der Waals surface area (Å²) in [5.41, 5.74) is 2.19. The fourth-order valence-electron chi connectivity index (χ4n) is 2.17. The number of rotatable bonds is 7. The standard InChI is InChI=1S/C16H20N4O/c21-16(14-6-7-14)18-9-8-17-10-13-11-19-20(12-13)15-4-2-1-3-5-15/h1-5,11-12,14,17H,6-10H2,(H,18,21). The van der Waals surface area contributed by atoms with Crippen molar-refractivity contribution < 1.29 is 4.79 Å². The summed E-state index contributed by atoms with van der Waals surface area (Å²) in [7, 11) is 0. The third kappa shape index (κ3) is 3.92. The number of benzene rings is 1. The third-order valence-electron chi connectivity index (χ3n) is 3.54. The Morgan fingerprint density at radius 3 is 2.81 bits per heavy atom. The lowest BCUT2D eigenvalue weighted by atomic mass is 10.3. The Morgan fingerprint density at radius 2 is 2.05 bits per heavy atom. The van der Waals surface area contributed by atoms with Crippen LogP contribution in [-0.2, 0) is 11.3 Å². The van der Waals surface area contributed by atoms with Crippen LogP contribution in [0.1, 0.15) is 18.4 Å². The summed E-state index contributed by atoms with van der Waals surface area (Å²) >= 11 is 0. The van der Waals surface area contributed by atoms with Gasteiger partial charge in [0.1, 0.15) is 0 Å². The molecule has 21 heavy (non-hydrogen) atoms. The number of hydrogen-bond acceptors (Lipinski definition) is 3. The van der Waals surface area contributed by atoms with Crippen molar-refractivity contribution in [1.82, 2.24) is 20.4 Å². The van der Waals surface area contributed by atoms with Gasteiger partial charge in [0.25, 0.3) is 0 Å². The molecule has 5 nitrogen and oxygen atoms in total. The number of nitrogens with zero attached hydrogens (tertiary/aromatic N) is 2. The molecule has 5 heteroatoms. The monoisotopic (exact) mass is 284 g/mol. The zero-order chi connectivity index (χ0) is 14.5. The van der Waals surface area contributed by atoms with E-state index in [1.165, 1.54) is 0 Å². The SMILES string of the molecule is O=C(NCCNCc1cnn(-c2ccccc2)c1)C1CC1. The summed E-state index contributed by atoms with van der Waals surface area (Å²) in [6.45, 7) is 2.21. The molecule has 0 spiro atoms. The molecular formula is C16H20N4O. The summed E-state index contributed by atoms with van der Waals surface area (Å²) in [5, 5.41) is 10.6. The lowest BCUT2D eigenvalue weighted by Crippen LogP contribution is -2.32. The molecule has 1 aliphatic carbocycles. The summed E-state index contributed by atoms with van der Waals surface area (Å²) in [4.78, 5) is 11.4. The second-order valence-corrected chi connectivity index (χ2v) is 5.37. The fourth-order valence-corrected chi connectivity index (χ4v) is 2.17. The molecule has 2 N–H and O–H groups in total. The van der Waals surface area contributed by atoms with Gasteiger partial charge in [0.2, 0.25) is 5.91 Å². The van der Waals surface area contributed by atoms with Crippen LogP contribution in [-0.4, -0.2) is 28.8 Å². The van der Waals surface area contributed by atoms with Crippen LogP contribution in [0.4, 0.5) is 0 Å². The van der Waals surface area contributed by atoms with Crippen LogP contribution in [0.25, 0.3) is 5.69 Å². The molecule has 1 aromatic heterocycles. The van der Waals surface area contributed by atoms with E-state index in [9.17, 15) is 4.79 Å². The smallest absolute Gasteiger partial charge is 0.223 e. The minimum atomic E-state index is 0.202. The van der Waals surface area contributed by atoms with E-state index >= 15 is 0 Å². The van der Waals surface area contributed by atoms with Gasteiger partial charge < -0.3 is 10.6 Å². The minimum Gasteiger partial charge on any atom is -0.355 e. The van der Waals surface area contributed by atoms with Gasteiger partial charge >= 0.3 is 0 Å². The molecule has 0 radical (unpaired) electrons. The molecular weight excluding hydrogens is 264 g/mol. The first-order chi connectivity index (χ1) is 10.3. The van der Waals surface area contributed by atoms with Crippen molar-refractivity contribution >= 4 is 5.91 Å². The first-order valence-corrected chi connectivity index (χ1v) is 7.40. The Labute approximate surface area is 124 Å². The number of carbonyl (C=O) groups is 1. The number of carbonyl (C=O) groups excluding carboxylic acids is 1. The van der Waals surface area contributed by atoms with Gasteiger partial charge in [-0.15, -0.1) is 0 Å². The Morgan fingerprint density at radius 1 is 1.24 bits per heavy atom. The maximum Gasteiger partial charge on any atom is 0.223 e. The van der Waals surface area contributed by atoms with Gasteiger partial charge in [-0.2, -0.15) is 5.10 Å². The Kier molecular flexibility index (Phi) is 4.31. The largest absolute Gasteiger partial charge is 0.355 e. The summed E-state index contributed by atoms with van der Waals surface area (Å²) in [6, 6.07) is 10.0. The van der Waals surface area contributed by atoms with Crippen LogP contribution < -0.4 is 10.6 Å². The molecule has 0 aliphatic heterocycles. The molecule has 0 bridgehead atoms. The van der Waals surface area contributed by atoms with Crippen molar-refractivity contribution in [2.45, 2.75) is 19.4 Å². The average molecular weight is 284 g/mol. The van der Waals surface area contributed by atoms with Crippen LogP contribution in [0.2, 0.25) is 0 Å². The molecule has 1 fully saturated rings. The first-order valence-electron chi connectivity index (χ1n) is 7.40. The van der Waals surface area contributed by atoms with Crippen molar-refractivity contribution in [2.75, 3.05) is 13.1 Å². The van der Waals surface area contributed by atoms with Crippen molar-refractivity contribution in [3.8, 4) is 5.69 Å². The molecule has 110 valence electrons. The van der Waals surface area contributed by atoms with Gasteiger partial charge in [-0.05, 0) is 25.0 Å². The highest BCUT2D eigenvalue weighted by Crippen LogP contribution is 2.28. The molecule has 1 saturated carbocycles. The highest BCUT2D eigenvalue weighted by atomic mass is 16.2. The minimum absolute atomic E-state index is 0.202. The zero-order valence-electron chi connectivity index (χ0n) is 12.0. The van der Waals surface area contributed by atoms with E-state index in [2.05, 4.69) is 15.7 Å². The first kappa shape index (κ1) is 13.8. The van der Waals surface area contributed by atoms with E-state index in [4.69, 9.17) is 0 Å². The van der Waals surface area contributed by atoms with Crippen molar-refractivity contribution in [2.24, 2.45) is 5.92 Å². The van der Waals surface area contributed by atoms with E-state index in [-0.39, 0.29) is 11.8 Å². The van der Waals surface area contributed by atoms with E-state index in [0.717, 1.165) is 37.2 Å². The Hall–Kier alpha value is -2.14. The Balaban J connectivity index is 1.39. The van der Waals surface area contributed by atoms with E-state index in [0.29, 0.717) is 6.54 Å². The highest BCUT2D eigenvalue weighted by molar-refractivity contribution is 5.80. The van der Waals surface area contributed by atoms with Crippen LogP contribution in [0.3, 0.4) is 0 Å². The second-order valence-electron chi connectivity index (χ2n) is 5.37. The maximum absolute atomic E-state index is 11.4. The van der Waals surface area contributed by atoms with Crippen LogP contribution >= 0.6 is 0 Å². The van der Waals surface area contributed by atoms with Gasteiger partial charge in [0.05, 0.1) is 11.9 Å². The zero-order valence-corrected chi connectivity index (χ0v) is 12.0. The lowest BCUT2D eigenvalue weighted by molar-refractivity contribution is -0.122. The third-order valence-corrected chi connectivity index (χ3v) is 3.54. The van der Waals surface area contributed by atoms with Gasteiger partial charge in [-0.1, -0.05) is 18.2 Å². The molecule has 0 saturated heterocycles. The number of aromatic nitrogens is 2. The molecule has 0 atom stereocenters. The van der Waals surface area contributed by atoms with E-state index in [1.54, 1.807) is 0 Å². The lowest BCUT2D eigenvalue weighted by Gasteiger charge is -2.05. The predicted octanol–water partition coefficient (Wildman–Crippen LogP) is 1.49. The molecule has 2 aromatic rings. The molecule has 1 amide bonds. The van der Waals surface area contributed by atoms with Crippen LogP contribution in [0.15, 0.2) is 42.7 Å². The fraction of sp³-hybridized carbons (Fsp3) is 0.375. The number of nitrogens with one attached hydrogen (secondary N) is 2. The quantitative estimate of drug-likeness (QED) is 0.757. The van der Waals surface area contributed by atoms with Gasteiger partial charge in [0.15, 0.2) is 0 Å². The average Bonchev–Trinajstić information content (AvgIpc) is 3.27. The topological polar surface area (TPSA) is 59.0 Å². The summed E-state index contributed by atoms with van der Waals surface area (Å²) in [5.74, 6) is 0.489. The summed E-state index contributed by atoms with van der Waals surface area (Å²) < 4.78 is 1.87. The van der Waals surface area contributed by atoms with Crippen LogP contribution in [0.5, 0.6) is 0 Å². The maximum atomic E-state index is 11.4.